The topological polar surface area (TPSA) is 116 Å². The predicted molar refractivity (Wildman–Crippen MR) is 95.0 cm³/mol. The third kappa shape index (κ3) is 2.77. The van der Waals surface area contributed by atoms with E-state index in [0.29, 0.717) is 11.6 Å². The normalized spacial score (nSPS) is 17.1. The number of hydrogen-bond acceptors (Lipinski definition) is 7. The van der Waals surface area contributed by atoms with Crippen LogP contribution in [-0.2, 0) is 0 Å². The van der Waals surface area contributed by atoms with Crippen molar-refractivity contribution in [3.63, 3.8) is 0 Å². The number of thioether (sulfide) groups is 1. The number of nitrogens with one attached hydrogen (secondary N) is 1. The van der Waals surface area contributed by atoms with Gasteiger partial charge in [-0.1, -0.05) is 27.7 Å². The monoisotopic (exact) mass is 378 g/mol. The molecule has 1 aliphatic rings. The van der Waals surface area contributed by atoms with E-state index >= 15 is 0 Å². The van der Waals surface area contributed by atoms with Crippen LogP contribution in [0.4, 0.5) is 17.6 Å². The van der Waals surface area contributed by atoms with Crippen LogP contribution in [0.1, 0.15) is 12.5 Å². The zero-order valence-electron chi connectivity index (χ0n) is 11.8. The molecule has 0 amide bonds. The maximum atomic E-state index is 6.22. The lowest BCUT2D eigenvalue weighted by Crippen LogP contribution is -2.35. The zero-order chi connectivity index (χ0) is 15.9. The summed E-state index contributed by atoms with van der Waals surface area (Å²) < 4.78 is 1.03. The second-order valence-electron chi connectivity index (χ2n) is 4.86. The summed E-state index contributed by atoms with van der Waals surface area (Å²) >= 11 is 5.02. The van der Waals surface area contributed by atoms with E-state index < -0.39 is 0 Å². The summed E-state index contributed by atoms with van der Waals surface area (Å²) in [4.78, 5) is 10.3. The highest BCUT2D eigenvalue weighted by Crippen LogP contribution is 2.41. The molecule has 0 unspecified atom stereocenters. The first-order valence-corrected chi connectivity index (χ1v) is 8.16. The number of allylic oxidation sites excluding steroid dienone is 1. The van der Waals surface area contributed by atoms with Crippen LogP contribution in [-0.4, -0.2) is 16.1 Å². The summed E-state index contributed by atoms with van der Waals surface area (Å²) in [7, 11) is 0. The van der Waals surface area contributed by atoms with Crippen molar-refractivity contribution in [3.8, 4) is 0 Å². The molecule has 2 aromatic rings. The summed E-state index contributed by atoms with van der Waals surface area (Å²) in [6, 6.07) is 8.04. The standard InChI is InChI=1S/C14H15BrN6S/c1-6-9-11(16)20-14(18)21-13(9)19-12(17)10(6)22-8-4-2-7(15)3-5-8/h2-5,12H,17H2,1H3,(H5,16,18,19,20,21)/t12-/m0/s1. The van der Waals surface area contributed by atoms with Crippen molar-refractivity contribution in [2.24, 2.45) is 5.73 Å². The molecular weight excluding hydrogens is 364 g/mol. The van der Waals surface area contributed by atoms with Crippen molar-refractivity contribution < 1.29 is 0 Å². The average Bonchev–Trinajstić information content (AvgIpc) is 2.44. The summed E-state index contributed by atoms with van der Waals surface area (Å²) in [6.45, 7) is 1.97. The van der Waals surface area contributed by atoms with Gasteiger partial charge >= 0.3 is 0 Å². The van der Waals surface area contributed by atoms with Crippen molar-refractivity contribution in [3.05, 3.63) is 39.2 Å². The molecule has 1 aliphatic heterocycles. The molecule has 2 heterocycles. The molecule has 8 heteroatoms. The average molecular weight is 379 g/mol. The molecule has 0 saturated carbocycles. The van der Waals surface area contributed by atoms with E-state index in [1.54, 1.807) is 11.8 Å². The molecule has 22 heavy (non-hydrogen) atoms. The number of aromatic nitrogens is 2. The first kappa shape index (κ1) is 15.1. The maximum Gasteiger partial charge on any atom is 0.223 e. The van der Waals surface area contributed by atoms with Gasteiger partial charge < -0.3 is 22.5 Å². The number of halogens is 1. The van der Waals surface area contributed by atoms with Gasteiger partial charge in [0.15, 0.2) is 0 Å². The van der Waals surface area contributed by atoms with Gasteiger partial charge in [0.25, 0.3) is 0 Å². The molecule has 7 N–H and O–H groups in total. The Morgan fingerprint density at radius 1 is 1.18 bits per heavy atom. The Labute approximate surface area is 140 Å². The molecule has 114 valence electrons. The van der Waals surface area contributed by atoms with E-state index in [2.05, 4.69) is 31.2 Å². The van der Waals surface area contributed by atoms with Crippen LogP contribution < -0.4 is 22.5 Å². The van der Waals surface area contributed by atoms with Crippen LogP contribution in [0.5, 0.6) is 0 Å². The van der Waals surface area contributed by atoms with Crippen molar-refractivity contribution >= 4 is 50.8 Å². The molecule has 6 nitrogen and oxygen atoms in total. The highest BCUT2D eigenvalue weighted by atomic mass is 79.9. The Morgan fingerprint density at radius 2 is 1.86 bits per heavy atom. The second kappa shape index (κ2) is 5.79. The molecule has 0 fully saturated rings. The summed E-state index contributed by atoms with van der Waals surface area (Å²) in [5.41, 5.74) is 19.6. The third-order valence-corrected chi connectivity index (χ3v) is 5.13. The molecule has 0 aliphatic carbocycles. The van der Waals surface area contributed by atoms with E-state index in [1.165, 1.54) is 0 Å². The van der Waals surface area contributed by atoms with Crippen LogP contribution in [0, 0.1) is 0 Å². The van der Waals surface area contributed by atoms with Gasteiger partial charge in [-0.05, 0) is 36.8 Å². The summed E-state index contributed by atoms with van der Waals surface area (Å²) in [5.74, 6) is 1.07. The molecule has 1 aromatic carbocycles. The van der Waals surface area contributed by atoms with E-state index in [0.717, 1.165) is 25.4 Å². The minimum atomic E-state index is -0.366. The van der Waals surface area contributed by atoms with Gasteiger partial charge in [0.05, 0.1) is 5.56 Å². The van der Waals surface area contributed by atoms with Crippen molar-refractivity contribution in [2.75, 3.05) is 16.8 Å². The first-order chi connectivity index (χ1) is 10.5. The van der Waals surface area contributed by atoms with Crippen LogP contribution >= 0.6 is 27.7 Å². The summed E-state index contributed by atoms with van der Waals surface area (Å²) in [6.07, 6.45) is -0.366. The number of rotatable bonds is 2. The molecule has 0 spiro atoms. The lowest BCUT2D eigenvalue weighted by atomic mass is 10.0. The van der Waals surface area contributed by atoms with E-state index in [1.807, 2.05) is 31.2 Å². The van der Waals surface area contributed by atoms with Crippen molar-refractivity contribution in [2.45, 2.75) is 18.0 Å². The number of fused-ring (bicyclic) bond motifs is 1. The molecule has 3 rings (SSSR count). The van der Waals surface area contributed by atoms with Crippen molar-refractivity contribution in [1.82, 2.24) is 9.97 Å². The number of hydrogen-bond donors (Lipinski definition) is 4. The zero-order valence-corrected chi connectivity index (χ0v) is 14.2. The quantitative estimate of drug-likeness (QED) is 0.634. The van der Waals surface area contributed by atoms with E-state index in [9.17, 15) is 0 Å². The van der Waals surface area contributed by atoms with Crippen LogP contribution in [0.25, 0.3) is 5.57 Å². The Bertz CT molecular complexity index is 759. The Kier molecular flexibility index (Phi) is 3.98. The number of benzene rings is 1. The van der Waals surface area contributed by atoms with Gasteiger partial charge in [-0.25, -0.2) is 0 Å². The molecule has 0 saturated heterocycles. The van der Waals surface area contributed by atoms with Gasteiger partial charge in [0.2, 0.25) is 5.95 Å². The van der Waals surface area contributed by atoms with Crippen molar-refractivity contribution in [1.29, 1.82) is 0 Å². The van der Waals surface area contributed by atoms with Gasteiger partial charge in [0, 0.05) is 14.3 Å². The van der Waals surface area contributed by atoms with Gasteiger partial charge in [-0.3, -0.25) is 0 Å². The smallest absolute Gasteiger partial charge is 0.223 e. The highest BCUT2D eigenvalue weighted by Gasteiger charge is 2.26. The largest absolute Gasteiger partial charge is 0.383 e. The molecule has 1 atom stereocenters. The minimum Gasteiger partial charge on any atom is -0.383 e. The SMILES string of the molecule is CC1=C(Sc2ccc(Br)cc2)[C@@H](N)Nc2nc(N)nc(N)c21. The highest BCUT2D eigenvalue weighted by molar-refractivity contribution is 9.10. The fourth-order valence-corrected chi connectivity index (χ4v) is 3.54. The molecular formula is C14H15BrN6S. The first-order valence-electron chi connectivity index (χ1n) is 6.55. The Balaban J connectivity index is 2.04. The fraction of sp³-hybridized carbons (Fsp3) is 0.143. The van der Waals surface area contributed by atoms with Crippen LogP contribution in [0.2, 0.25) is 0 Å². The molecule has 1 aromatic heterocycles. The molecule has 0 bridgehead atoms. The van der Waals surface area contributed by atoms with Gasteiger partial charge in [0.1, 0.15) is 17.8 Å². The number of nitrogens with two attached hydrogens (primary N) is 3. The molecule has 0 radical (unpaired) electrons. The minimum absolute atomic E-state index is 0.132. The van der Waals surface area contributed by atoms with Gasteiger partial charge in [-0.15, -0.1) is 0 Å². The number of nitrogen functional groups attached to an aromatic ring is 2. The van der Waals surface area contributed by atoms with E-state index in [-0.39, 0.29) is 12.1 Å². The Hall–Kier alpha value is -1.77. The number of nitrogens with zero attached hydrogens (tertiary/aromatic N) is 2. The predicted octanol–water partition coefficient (Wildman–Crippen LogP) is 2.64. The third-order valence-electron chi connectivity index (χ3n) is 3.32. The fourth-order valence-electron chi connectivity index (χ4n) is 2.31. The second-order valence-corrected chi connectivity index (χ2v) is 6.89. The van der Waals surface area contributed by atoms with Crippen LogP contribution in [0.15, 0.2) is 38.5 Å². The lowest BCUT2D eigenvalue weighted by molar-refractivity contribution is 0.900. The van der Waals surface area contributed by atoms with E-state index in [4.69, 9.17) is 17.2 Å². The maximum absolute atomic E-state index is 6.22. The van der Waals surface area contributed by atoms with Crippen LogP contribution in [0.3, 0.4) is 0 Å². The van der Waals surface area contributed by atoms with Gasteiger partial charge in [-0.2, -0.15) is 9.97 Å². The summed E-state index contributed by atoms with van der Waals surface area (Å²) in [5, 5.41) is 3.13. The number of anilines is 3. The lowest BCUT2D eigenvalue weighted by Gasteiger charge is -2.28. The Morgan fingerprint density at radius 3 is 2.55 bits per heavy atom.